The van der Waals surface area contributed by atoms with E-state index in [0.717, 1.165) is 26.3 Å². The molecule has 0 spiro atoms. The molecule has 0 aromatic heterocycles. The molecule has 0 bridgehead atoms. The summed E-state index contributed by atoms with van der Waals surface area (Å²) in [5.41, 5.74) is 0. The minimum Gasteiger partial charge on any atom is -0.378 e. The summed E-state index contributed by atoms with van der Waals surface area (Å²) in [6.07, 6.45) is 0. The molecule has 0 unspecified atom stereocenters. The van der Waals surface area contributed by atoms with Gasteiger partial charge in [0.05, 0.1) is 13.2 Å². The van der Waals surface area contributed by atoms with Gasteiger partial charge in [0.1, 0.15) is 12.4 Å². The van der Waals surface area contributed by atoms with Gasteiger partial charge in [0.15, 0.2) is 0 Å². The fourth-order valence-electron chi connectivity index (χ4n) is 1.12. The summed E-state index contributed by atoms with van der Waals surface area (Å²) in [4.78, 5) is 2.00. The second-order valence-corrected chi connectivity index (χ2v) is 2.68. The first-order chi connectivity index (χ1) is 5.84. The number of hydrogen-bond donors (Lipinski definition) is 1. The van der Waals surface area contributed by atoms with Gasteiger partial charge in [-0.15, -0.1) is 0 Å². The summed E-state index contributed by atoms with van der Waals surface area (Å²) in [6, 6.07) is 0. The van der Waals surface area contributed by atoms with Crippen LogP contribution in [0.3, 0.4) is 0 Å². The molecule has 1 heterocycles. The second-order valence-electron chi connectivity index (χ2n) is 2.68. The normalized spacial score (nSPS) is 17.9. The summed E-state index contributed by atoms with van der Waals surface area (Å²) >= 11 is 0. The van der Waals surface area contributed by atoms with E-state index < -0.39 is 0 Å². The third kappa shape index (κ3) is 2.79. The molecule has 1 fully saturated rings. The van der Waals surface area contributed by atoms with Gasteiger partial charge in [0, 0.05) is 19.7 Å². The van der Waals surface area contributed by atoms with Crippen LogP contribution in [-0.4, -0.2) is 50.3 Å². The van der Waals surface area contributed by atoms with Gasteiger partial charge in [-0.3, -0.25) is 5.41 Å². The number of ether oxygens (including phenoxy) is 2. The predicted molar refractivity (Wildman–Crippen MR) is 46.6 cm³/mol. The second kappa shape index (κ2) is 5.11. The molecule has 4 nitrogen and oxygen atoms in total. The first-order valence-corrected chi connectivity index (χ1v) is 4.32. The maximum atomic E-state index is 7.63. The van der Waals surface area contributed by atoms with Gasteiger partial charge >= 0.3 is 0 Å². The summed E-state index contributed by atoms with van der Waals surface area (Å²) in [5.74, 6) is 0.570. The lowest BCUT2D eigenvalue weighted by Gasteiger charge is -2.28. The van der Waals surface area contributed by atoms with E-state index in [2.05, 4.69) is 0 Å². The summed E-state index contributed by atoms with van der Waals surface area (Å²) in [7, 11) is 0. The van der Waals surface area contributed by atoms with Crippen molar-refractivity contribution in [1.82, 2.24) is 4.90 Å². The molecule has 0 radical (unpaired) electrons. The first kappa shape index (κ1) is 9.48. The van der Waals surface area contributed by atoms with Gasteiger partial charge < -0.3 is 14.4 Å². The van der Waals surface area contributed by atoms with E-state index in [4.69, 9.17) is 14.9 Å². The highest BCUT2D eigenvalue weighted by Gasteiger charge is 2.12. The quantitative estimate of drug-likeness (QED) is 0.493. The van der Waals surface area contributed by atoms with E-state index >= 15 is 0 Å². The van der Waals surface area contributed by atoms with Crippen LogP contribution in [0.5, 0.6) is 0 Å². The Morgan fingerprint density at radius 3 is 2.75 bits per heavy atom. The Balaban J connectivity index is 2.20. The largest absolute Gasteiger partial charge is 0.378 e. The zero-order valence-corrected chi connectivity index (χ0v) is 7.51. The van der Waals surface area contributed by atoms with Crippen molar-refractivity contribution in [1.29, 1.82) is 5.41 Å². The lowest BCUT2D eigenvalue weighted by atomic mass is 10.4. The average Bonchev–Trinajstić information content (AvgIpc) is 2.15. The molecule has 1 saturated heterocycles. The van der Waals surface area contributed by atoms with E-state index in [1.807, 2.05) is 11.8 Å². The molecule has 1 aliphatic heterocycles. The van der Waals surface area contributed by atoms with Crippen molar-refractivity contribution in [3.8, 4) is 0 Å². The van der Waals surface area contributed by atoms with Crippen LogP contribution in [0.2, 0.25) is 0 Å². The van der Waals surface area contributed by atoms with Gasteiger partial charge in [-0.05, 0) is 6.92 Å². The van der Waals surface area contributed by atoms with Crippen molar-refractivity contribution in [2.45, 2.75) is 6.92 Å². The summed E-state index contributed by atoms with van der Waals surface area (Å²) in [5, 5.41) is 7.63. The summed E-state index contributed by atoms with van der Waals surface area (Å²) in [6.45, 7) is 6.15. The number of hydrogen-bond acceptors (Lipinski definition) is 3. The van der Waals surface area contributed by atoms with Crippen molar-refractivity contribution < 1.29 is 9.47 Å². The standard InChI is InChI=1S/C8H16N2O2/c1-2-11-7-8(9)10-3-5-12-6-4-10/h9H,2-7H2,1H3. The lowest BCUT2D eigenvalue weighted by Crippen LogP contribution is -2.42. The molecule has 0 aliphatic carbocycles. The number of rotatable bonds is 3. The highest BCUT2D eigenvalue weighted by Crippen LogP contribution is 1.97. The maximum Gasteiger partial charge on any atom is 0.123 e. The van der Waals surface area contributed by atoms with E-state index in [1.165, 1.54) is 0 Å². The summed E-state index contributed by atoms with van der Waals surface area (Å²) < 4.78 is 10.3. The van der Waals surface area contributed by atoms with Crippen LogP contribution < -0.4 is 0 Å². The minimum atomic E-state index is 0.427. The molecule has 70 valence electrons. The zero-order valence-electron chi connectivity index (χ0n) is 7.51. The van der Waals surface area contributed by atoms with Crippen LogP contribution >= 0.6 is 0 Å². The molecule has 0 aromatic carbocycles. The lowest BCUT2D eigenvalue weighted by molar-refractivity contribution is 0.0629. The SMILES string of the molecule is CCOCC(=N)N1CCOCC1. The molecule has 12 heavy (non-hydrogen) atoms. The smallest absolute Gasteiger partial charge is 0.123 e. The fourth-order valence-corrected chi connectivity index (χ4v) is 1.12. The molecule has 1 aliphatic rings. The third-order valence-electron chi connectivity index (χ3n) is 1.84. The molecule has 0 amide bonds. The Labute approximate surface area is 73.0 Å². The van der Waals surface area contributed by atoms with Crippen molar-refractivity contribution in [2.75, 3.05) is 39.5 Å². The van der Waals surface area contributed by atoms with Crippen LogP contribution in [0.15, 0.2) is 0 Å². The Bertz CT molecular complexity index is 144. The Kier molecular flexibility index (Phi) is 4.04. The Hall–Kier alpha value is -0.610. The van der Waals surface area contributed by atoms with E-state index in [1.54, 1.807) is 0 Å². The monoisotopic (exact) mass is 172 g/mol. The number of nitrogens with zero attached hydrogens (tertiary/aromatic N) is 1. The number of amidine groups is 1. The van der Waals surface area contributed by atoms with Crippen molar-refractivity contribution in [2.24, 2.45) is 0 Å². The maximum absolute atomic E-state index is 7.63. The third-order valence-corrected chi connectivity index (χ3v) is 1.84. The van der Waals surface area contributed by atoms with E-state index in [-0.39, 0.29) is 0 Å². The van der Waals surface area contributed by atoms with Crippen LogP contribution in [0, 0.1) is 5.41 Å². The van der Waals surface area contributed by atoms with Crippen LogP contribution in [0.1, 0.15) is 6.92 Å². The van der Waals surface area contributed by atoms with E-state index in [9.17, 15) is 0 Å². The first-order valence-electron chi connectivity index (χ1n) is 4.32. The molecule has 1 rings (SSSR count). The number of morpholine rings is 1. The average molecular weight is 172 g/mol. The van der Waals surface area contributed by atoms with Gasteiger partial charge in [0.2, 0.25) is 0 Å². The van der Waals surface area contributed by atoms with Gasteiger partial charge in [-0.25, -0.2) is 0 Å². The highest BCUT2D eigenvalue weighted by molar-refractivity contribution is 5.80. The molecule has 1 N–H and O–H groups in total. The fraction of sp³-hybridized carbons (Fsp3) is 0.875. The highest BCUT2D eigenvalue weighted by atomic mass is 16.5. The molecule has 4 heteroatoms. The zero-order chi connectivity index (χ0) is 8.81. The van der Waals surface area contributed by atoms with Gasteiger partial charge in [-0.2, -0.15) is 0 Å². The van der Waals surface area contributed by atoms with Gasteiger partial charge in [-0.1, -0.05) is 0 Å². The minimum absolute atomic E-state index is 0.427. The number of nitrogens with one attached hydrogen (secondary N) is 1. The van der Waals surface area contributed by atoms with Crippen LogP contribution in [0.25, 0.3) is 0 Å². The Morgan fingerprint density at radius 2 is 2.17 bits per heavy atom. The molecular formula is C8H16N2O2. The Morgan fingerprint density at radius 1 is 1.50 bits per heavy atom. The van der Waals surface area contributed by atoms with Crippen molar-refractivity contribution in [3.05, 3.63) is 0 Å². The molecule has 0 aromatic rings. The van der Waals surface area contributed by atoms with Crippen molar-refractivity contribution in [3.63, 3.8) is 0 Å². The predicted octanol–water partition coefficient (Wildman–Crippen LogP) is 0.332. The molecule has 0 atom stereocenters. The van der Waals surface area contributed by atoms with Crippen molar-refractivity contribution >= 4 is 5.84 Å². The van der Waals surface area contributed by atoms with Crippen LogP contribution in [-0.2, 0) is 9.47 Å². The molecule has 0 saturated carbocycles. The van der Waals surface area contributed by atoms with E-state index in [0.29, 0.717) is 19.0 Å². The molecular weight excluding hydrogens is 156 g/mol. The topological polar surface area (TPSA) is 45.5 Å². The van der Waals surface area contributed by atoms with Crippen LogP contribution in [0.4, 0.5) is 0 Å². The van der Waals surface area contributed by atoms with Gasteiger partial charge in [0.25, 0.3) is 0 Å².